The van der Waals surface area contributed by atoms with E-state index in [1.165, 1.54) is 0 Å². The smallest absolute Gasteiger partial charge is 0.335 e. The first-order chi connectivity index (χ1) is 9.62. The van der Waals surface area contributed by atoms with Gasteiger partial charge in [-0.2, -0.15) is 0 Å². The molecule has 0 aliphatic carbocycles. The molecule has 0 aliphatic rings. The quantitative estimate of drug-likeness (QED) is 0.742. The van der Waals surface area contributed by atoms with E-state index >= 15 is 0 Å². The van der Waals surface area contributed by atoms with Gasteiger partial charge in [0.25, 0.3) is 0 Å². The van der Waals surface area contributed by atoms with Gasteiger partial charge in [-0.15, -0.1) is 0 Å². The predicted molar refractivity (Wildman–Crippen MR) is 80.1 cm³/mol. The van der Waals surface area contributed by atoms with Gasteiger partial charge in [0.1, 0.15) is 0 Å². The minimum Gasteiger partial charge on any atom is -0.478 e. The highest BCUT2D eigenvalue weighted by molar-refractivity contribution is 5.96. The molecule has 1 aromatic carbocycles. The van der Waals surface area contributed by atoms with Crippen molar-refractivity contribution in [1.29, 1.82) is 0 Å². The summed E-state index contributed by atoms with van der Waals surface area (Å²) in [4.78, 5) is 11.3. The molecule has 5 heteroatoms. The third kappa shape index (κ3) is 2.55. The van der Waals surface area contributed by atoms with E-state index in [0.717, 1.165) is 41.4 Å². The summed E-state index contributed by atoms with van der Waals surface area (Å²) in [6.07, 6.45) is 3.57. The molecule has 2 rings (SSSR count). The van der Waals surface area contributed by atoms with E-state index in [1.54, 1.807) is 12.1 Å². The number of carboxylic acids is 1. The van der Waals surface area contributed by atoms with Gasteiger partial charge in [-0.05, 0) is 42.6 Å². The average molecular weight is 275 g/mol. The van der Waals surface area contributed by atoms with Gasteiger partial charge in [0.05, 0.1) is 11.1 Å². The Morgan fingerprint density at radius 2 is 2.00 bits per heavy atom. The lowest BCUT2D eigenvalue weighted by Gasteiger charge is -2.08. The van der Waals surface area contributed by atoms with Crippen LogP contribution in [0.3, 0.4) is 0 Å². The normalized spacial score (nSPS) is 11.2. The molecule has 5 nitrogen and oxygen atoms in total. The number of carboxylic acid groups (broad SMARTS) is 1. The molecule has 0 fully saturated rings. The van der Waals surface area contributed by atoms with Crippen LogP contribution >= 0.6 is 0 Å². The van der Waals surface area contributed by atoms with Gasteiger partial charge in [-0.25, -0.2) is 4.79 Å². The van der Waals surface area contributed by atoms with Gasteiger partial charge in [0.15, 0.2) is 0 Å². The number of aryl methyl sites for hydroxylation is 1. The van der Waals surface area contributed by atoms with Crippen LogP contribution in [0.25, 0.3) is 10.9 Å². The monoisotopic (exact) mass is 275 g/mol. The Labute approximate surface area is 118 Å². The minimum absolute atomic E-state index is 0.332. The van der Waals surface area contributed by atoms with Crippen molar-refractivity contribution < 1.29 is 9.90 Å². The Hall–Kier alpha value is -1.85. The van der Waals surface area contributed by atoms with Gasteiger partial charge in [-0.1, -0.05) is 6.92 Å². The van der Waals surface area contributed by atoms with Crippen molar-refractivity contribution >= 4 is 16.9 Å². The predicted octanol–water partition coefficient (Wildman–Crippen LogP) is 1.36. The largest absolute Gasteiger partial charge is 0.478 e. The lowest BCUT2D eigenvalue weighted by Crippen LogP contribution is -2.10. The van der Waals surface area contributed by atoms with E-state index in [-0.39, 0.29) is 0 Å². The molecule has 2 aromatic rings. The summed E-state index contributed by atoms with van der Waals surface area (Å²) in [6, 6.07) is 3.50. The fourth-order valence-corrected chi connectivity index (χ4v) is 2.66. The number of aromatic carboxylic acids is 1. The summed E-state index contributed by atoms with van der Waals surface area (Å²) in [5.74, 6) is -0.896. The zero-order valence-corrected chi connectivity index (χ0v) is 11.7. The summed E-state index contributed by atoms with van der Waals surface area (Å²) in [5, 5.41) is 10.2. The Morgan fingerprint density at radius 1 is 1.25 bits per heavy atom. The van der Waals surface area contributed by atoms with Crippen molar-refractivity contribution in [3.05, 3.63) is 35.0 Å². The van der Waals surface area contributed by atoms with E-state index in [2.05, 4.69) is 10.8 Å². The fourth-order valence-electron chi connectivity index (χ4n) is 2.66. The minimum atomic E-state index is -0.896. The highest BCUT2D eigenvalue weighted by Crippen LogP contribution is 2.27. The third-order valence-corrected chi connectivity index (χ3v) is 3.55. The second kappa shape index (κ2) is 6.07. The molecule has 0 bridgehead atoms. The van der Waals surface area contributed by atoms with E-state index in [4.69, 9.17) is 11.5 Å². The Bertz CT molecular complexity index is 632. The molecule has 5 N–H and O–H groups in total. The molecule has 0 atom stereocenters. The maximum atomic E-state index is 11.3. The van der Waals surface area contributed by atoms with Crippen molar-refractivity contribution in [3.63, 3.8) is 0 Å². The topological polar surface area (TPSA) is 94.3 Å². The molecule has 0 saturated heterocycles. The van der Waals surface area contributed by atoms with Crippen molar-refractivity contribution in [2.45, 2.75) is 26.3 Å². The highest BCUT2D eigenvalue weighted by atomic mass is 16.4. The Kier molecular flexibility index (Phi) is 4.42. The van der Waals surface area contributed by atoms with Gasteiger partial charge in [0, 0.05) is 24.7 Å². The van der Waals surface area contributed by atoms with E-state index < -0.39 is 5.97 Å². The number of rotatable bonds is 6. The molecule has 0 saturated carbocycles. The SMILES string of the molecule is CCc1cc(C(=O)O)cc2c(CCN)cn(CCN)c12. The lowest BCUT2D eigenvalue weighted by atomic mass is 10.0. The molecular weight excluding hydrogens is 254 g/mol. The van der Waals surface area contributed by atoms with Crippen molar-refractivity contribution in [2.75, 3.05) is 13.1 Å². The van der Waals surface area contributed by atoms with Crippen molar-refractivity contribution in [2.24, 2.45) is 11.5 Å². The number of carbonyl (C=O) groups is 1. The summed E-state index contributed by atoms with van der Waals surface area (Å²) < 4.78 is 2.12. The number of nitrogens with two attached hydrogens (primary N) is 2. The molecule has 0 aliphatic heterocycles. The van der Waals surface area contributed by atoms with E-state index in [1.807, 2.05) is 6.92 Å². The number of nitrogens with zero attached hydrogens (tertiary/aromatic N) is 1. The van der Waals surface area contributed by atoms with Crippen LogP contribution in [0.2, 0.25) is 0 Å². The van der Waals surface area contributed by atoms with Crippen molar-refractivity contribution in [1.82, 2.24) is 4.57 Å². The molecule has 0 radical (unpaired) electrons. The Morgan fingerprint density at radius 3 is 2.55 bits per heavy atom. The van der Waals surface area contributed by atoms with Crippen LogP contribution in [0.4, 0.5) is 0 Å². The molecule has 0 unspecified atom stereocenters. The molecule has 0 amide bonds. The molecule has 0 spiro atoms. The summed E-state index contributed by atoms with van der Waals surface area (Å²) in [5.41, 5.74) is 14.9. The van der Waals surface area contributed by atoms with Crippen LogP contribution in [0.5, 0.6) is 0 Å². The number of aromatic nitrogens is 1. The van der Waals surface area contributed by atoms with Crippen LogP contribution in [0, 0.1) is 0 Å². The zero-order chi connectivity index (χ0) is 14.7. The molecule has 1 aromatic heterocycles. The fraction of sp³-hybridized carbons (Fsp3) is 0.400. The first kappa shape index (κ1) is 14.6. The second-order valence-electron chi connectivity index (χ2n) is 4.87. The van der Waals surface area contributed by atoms with Crippen LogP contribution in [0.15, 0.2) is 18.3 Å². The van der Waals surface area contributed by atoms with Crippen LogP contribution in [-0.2, 0) is 19.4 Å². The van der Waals surface area contributed by atoms with Crippen LogP contribution in [-0.4, -0.2) is 28.7 Å². The summed E-state index contributed by atoms with van der Waals surface area (Å²) in [7, 11) is 0. The van der Waals surface area contributed by atoms with Crippen molar-refractivity contribution in [3.8, 4) is 0 Å². The van der Waals surface area contributed by atoms with E-state index in [0.29, 0.717) is 18.7 Å². The number of hydrogen-bond donors (Lipinski definition) is 3. The van der Waals surface area contributed by atoms with Crippen LogP contribution in [0.1, 0.15) is 28.4 Å². The first-order valence-electron chi connectivity index (χ1n) is 6.90. The maximum absolute atomic E-state index is 11.3. The molecule has 108 valence electrons. The first-order valence-corrected chi connectivity index (χ1v) is 6.90. The summed E-state index contributed by atoms with van der Waals surface area (Å²) >= 11 is 0. The van der Waals surface area contributed by atoms with Gasteiger partial charge < -0.3 is 21.1 Å². The van der Waals surface area contributed by atoms with Crippen LogP contribution < -0.4 is 11.5 Å². The summed E-state index contributed by atoms with van der Waals surface area (Å²) in [6.45, 7) is 3.85. The number of benzene rings is 1. The van der Waals surface area contributed by atoms with Gasteiger partial charge in [0.2, 0.25) is 0 Å². The van der Waals surface area contributed by atoms with Gasteiger partial charge in [-0.3, -0.25) is 0 Å². The standard InChI is InChI=1S/C15H21N3O2/c1-2-10-7-12(15(19)20)8-13-11(3-4-16)9-18(6-5-17)14(10)13/h7-9H,2-6,16-17H2,1H3,(H,19,20). The third-order valence-electron chi connectivity index (χ3n) is 3.55. The molecule has 20 heavy (non-hydrogen) atoms. The average Bonchev–Trinajstić information content (AvgIpc) is 2.77. The Balaban J connectivity index is 2.74. The maximum Gasteiger partial charge on any atom is 0.335 e. The zero-order valence-electron chi connectivity index (χ0n) is 11.7. The molecule has 1 heterocycles. The molecular formula is C15H21N3O2. The highest BCUT2D eigenvalue weighted by Gasteiger charge is 2.15. The number of hydrogen-bond acceptors (Lipinski definition) is 3. The number of fused-ring (bicyclic) bond motifs is 1. The second-order valence-corrected chi connectivity index (χ2v) is 4.87. The lowest BCUT2D eigenvalue weighted by molar-refractivity contribution is 0.0697. The van der Waals surface area contributed by atoms with Gasteiger partial charge >= 0.3 is 5.97 Å². The van der Waals surface area contributed by atoms with E-state index in [9.17, 15) is 9.90 Å².